The van der Waals surface area contributed by atoms with Crippen LogP contribution in [0.4, 0.5) is 18.2 Å². The summed E-state index contributed by atoms with van der Waals surface area (Å²) in [6, 6.07) is 6.61. The molecule has 2 heterocycles. The molecule has 0 saturated carbocycles. The Bertz CT molecular complexity index is 1130. The van der Waals surface area contributed by atoms with Crippen molar-refractivity contribution < 1.29 is 22.7 Å². The van der Waals surface area contributed by atoms with Crippen LogP contribution in [0.3, 0.4) is 0 Å². The fourth-order valence-electron chi connectivity index (χ4n) is 2.63. The van der Waals surface area contributed by atoms with E-state index in [1.807, 2.05) is 6.92 Å². The highest BCUT2D eigenvalue weighted by atomic mass is 32.1. The third-order valence-electron chi connectivity index (χ3n) is 4.28. The molecular formula is C19H15F3N4O2S. The van der Waals surface area contributed by atoms with E-state index in [-0.39, 0.29) is 17.1 Å². The SMILES string of the molecule is COc1cn(-c2cccc(C(F)(F)F)c2)nc1C(=O)Nc1sc(C)c(C)c1C#N. The highest BCUT2D eigenvalue weighted by molar-refractivity contribution is 7.16. The number of halogens is 3. The number of nitrogens with one attached hydrogen (secondary N) is 1. The molecule has 29 heavy (non-hydrogen) atoms. The molecule has 0 aliphatic carbocycles. The van der Waals surface area contributed by atoms with Crippen LogP contribution in [0.15, 0.2) is 30.5 Å². The number of ether oxygens (including phenoxy) is 1. The van der Waals surface area contributed by atoms with Crippen LogP contribution in [-0.2, 0) is 6.18 Å². The molecule has 2 aromatic heterocycles. The lowest BCUT2D eigenvalue weighted by Gasteiger charge is -2.08. The number of hydrogen-bond acceptors (Lipinski definition) is 5. The van der Waals surface area contributed by atoms with E-state index in [9.17, 15) is 23.2 Å². The van der Waals surface area contributed by atoms with Crippen molar-refractivity contribution in [2.24, 2.45) is 0 Å². The molecule has 150 valence electrons. The van der Waals surface area contributed by atoms with Crippen molar-refractivity contribution in [1.82, 2.24) is 9.78 Å². The van der Waals surface area contributed by atoms with Gasteiger partial charge in [0.25, 0.3) is 5.91 Å². The van der Waals surface area contributed by atoms with Gasteiger partial charge in [0.15, 0.2) is 11.4 Å². The zero-order chi connectivity index (χ0) is 21.3. The zero-order valence-corrected chi connectivity index (χ0v) is 16.4. The van der Waals surface area contributed by atoms with E-state index in [4.69, 9.17) is 4.74 Å². The molecule has 10 heteroatoms. The highest BCUT2D eigenvalue weighted by Gasteiger charge is 2.31. The average molecular weight is 420 g/mol. The molecular weight excluding hydrogens is 405 g/mol. The summed E-state index contributed by atoms with van der Waals surface area (Å²) in [5.74, 6) is -0.547. The van der Waals surface area contributed by atoms with Gasteiger partial charge in [-0.2, -0.15) is 23.5 Å². The summed E-state index contributed by atoms with van der Waals surface area (Å²) in [4.78, 5) is 13.6. The van der Waals surface area contributed by atoms with Gasteiger partial charge in [0, 0.05) is 4.88 Å². The predicted octanol–water partition coefficient (Wildman–Crippen LogP) is 4.70. The zero-order valence-electron chi connectivity index (χ0n) is 15.6. The molecule has 0 spiro atoms. The molecule has 0 radical (unpaired) electrons. The number of methoxy groups -OCH3 is 1. The molecule has 0 unspecified atom stereocenters. The summed E-state index contributed by atoms with van der Waals surface area (Å²) in [7, 11) is 1.32. The van der Waals surface area contributed by atoms with Crippen LogP contribution in [0, 0.1) is 25.2 Å². The summed E-state index contributed by atoms with van der Waals surface area (Å²) in [6.45, 7) is 3.61. The Morgan fingerprint density at radius 2 is 2.07 bits per heavy atom. The maximum atomic E-state index is 13.0. The lowest BCUT2D eigenvalue weighted by Crippen LogP contribution is -2.14. The number of hydrogen-bond donors (Lipinski definition) is 1. The number of nitriles is 1. The minimum absolute atomic E-state index is 0.0865. The van der Waals surface area contributed by atoms with Crippen LogP contribution in [0.1, 0.15) is 32.1 Å². The summed E-state index contributed by atoms with van der Waals surface area (Å²) >= 11 is 1.26. The van der Waals surface area contributed by atoms with Crippen molar-refractivity contribution >= 4 is 22.2 Å². The first kappa shape index (κ1) is 20.4. The molecule has 0 aliphatic heterocycles. The minimum atomic E-state index is -4.50. The molecule has 0 aliphatic rings. The first-order valence-corrected chi connectivity index (χ1v) is 9.10. The fourth-order valence-corrected chi connectivity index (χ4v) is 3.64. The van der Waals surface area contributed by atoms with E-state index in [0.29, 0.717) is 10.6 Å². The average Bonchev–Trinajstić information content (AvgIpc) is 3.22. The van der Waals surface area contributed by atoms with E-state index >= 15 is 0 Å². The summed E-state index contributed by atoms with van der Waals surface area (Å²) < 4.78 is 45.2. The summed E-state index contributed by atoms with van der Waals surface area (Å²) in [6.07, 6.45) is -3.18. The maximum Gasteiger partial charge on any atom is 0.416 e. The van der Waals surface area contributed by atoms with Crippen LogP contribution >= 0.6 is 11.3 Å². The van der Waals surface area contributed by atoms with Crippen LogP contribution in [0.5, 0.6) is 5.75 Å². The van der Waals surface area contributed by atoms with Gasteiger partial charge in [0.2, 0.25) is 0 Å². The Balaban J connectivity index is 1.96. The Morgan fingerprint density at radius 3 is 2.69 bits per heavy atom. The minimum Gasteiger partial charge on any atom is -0.493 e. The van der Waals surface area contributed by atoms with Gasteiger partial charge in [0.1, 0.15) is 11.1 Å². The molecule has 0 bridgehead atoms. The van der Waals surface area contributed by atoms with Crippen molar-refractivity contribution in [3.8, 4) is 17.5 Å². The Labute approximate surface area is 168 Å². The summed E-state index contributed by atoms with van der Waals surface area (Å²) in [5.41, 5.74) is 0.306. The van der Waals surface area contributed by atoms with Gasteiger partial charge in [-0.15, -0.1) is 11.3 Å². The number of aryl methyl sites for hydroxylation is 1. The lowest BCUT2D eigenvalue weighted by molar-refractivity contribution is -0.137. The van der Waals surface area contributed by atoms with Crippen LogP contribution in [0.2, 0.25) is 0 Å². The number of amides is 1. The Morgan fingerprint density at radius 1 is 1.34 bits per heavy atom. The molecule has 6 nitrogen and oxygen atoms in total. The number of rotatable bonds is 4. The number of nitrogens with zero attached hydrogens (tertiary/aromatic N) is 3. The first-order chi connectivity index (χ1) is 13.7. The number of carbonyl (C=O) groups excluding carboxylic acids is 1. The number of carbonyl (C=O) groups is 1. The maximum absolute atomic E-state index is 13.0. The highest BCUT2D eigenvalue weighted by Crippen LogP contribution is 2.33. The molecule has 1 N–H and O–H groups in total. The first-order valence-electron chi connectivity index (χ1n) is 8.28. The number of anilines is 1. The number of benzene rings is 1. The van der Waals surface area contributed by atoms with Gasteiger partial charge >= 0.3 is 6.18 Å². The van der Waals surface area contributed by atoms with Crippen LogP contribution in [0.25, 0.3) is 5.69 Å². The summed E-state index contributed by atoms with van der Waals surface area (Å²) in [5, 5.41) is 16.4. The van der Waals surface area contributed by atoms with Gasteiger partial charge in [-0.3, -0.25) is 4.79 Å². The number of thiophene rings is 1. The van der Waals surface area contributed by atoms with Crippen LogP contribution < -0.4 is 10.1 Å². The smallest absolute Gasteiger partial charge is 0.416 e. The van der Waals surface area contributed by atoms with Crippen molar-refractivity contribution in [2.75, 3.05) is 12.4 Å². The van der Waals surface area contributed by atoms with Crippen molar-refractivity contribution in [3.63, 3.8) is 0 Å². The monoisotopic (exact) mass is 420 g/mol. The number of aromatic nitrogens is 2. The molecule has 0 fully saturated rings. The largest absolute Gasteiger partial charge is 0.493 e. The predicted molar refractivity (Wildman–Crippen MR) is 102 cm³/mol. The van der Waals surface area contributed by atoms with Gasteiger partial charge < -0.3 is 10.1 Å². The van der Waals surface area contributed by atoms with Crippen LogP contribution in [-0.4, -0.2) is 22.8 Å². The van der Waals surface area contributed by atoms with E-state index < -0.39 is 17.6 Å². The lowest BCUT2D eigenvalue weighted by atomic mass is 10.2. The van der Waals surface area contributed by atoms with E-state index in [1.165, 1.54) is 36.8 Å². The molecule has 1 aromatic carbocycles. The third-order valence-corrected chi connectivity index (χ3v) is 5.40. The van der Waals surface area contributed by atoms with Crippen molar-refractivity contribution in [2.45, 2.75) is 20.0 Å². The fraction of sp³-hybridized carbons (Fsp3) is 0.211. The molecule has 0 saturated heterocycles. The topological polar surface area (TPSA) is 79.9 Å². The van der Waals surface area contributed by atoms with Gasteiger partial charge in [-0.25, -0.2) is 4.68 Å². The quantitative estimate of drug-likeness (QED) is 0.663. The third kappa shape index (κ3) is 3.95. The second-order valence-corrected chi connectivity index (χ2v) is 7.32. The molecule has 1 amide bonds. The molecule has 0 atom stereocenters. The second kappa shape index (κ2) is 7.60. The van der Waals surface area contributed by atoms with E-state index in [1.54, 1.807) is 6.92 Å². The number of alkyl halides is 3. The van der Waals surface area contributed by atoms with E-state index in [2.05, 4.69) is 16.5 Å². The van der Waals surface area contributed by atoms with Gasteiger partial charge in [0.05, 0.1) is 30.1 Å². The van der Waals surface area contributed by atoms with Crippen molar-refractivity contribution in [1.29, 1.82) is 5.26 Å². The Kier molecular flexibility index (Phi) is 5.35. The Hall–Kier alpha value is -3.32. The second-order valence-electron chi connectivity index (χ2n) is 6.09. The van der Waals surface area contributed by atoms with E-state index in [0.717, 1.165) is 27.3 Å². The van der Waals surface area contributed by atoms with Gasteiger partial charge in [-0.05, 0) is 37.6 Å². The standard InChI is InChI=1S/C19H15F3N4O2S/c1-10-11(2)29-18(14(10)8-23)24-17(27)16-15(28-3)9-26(25-16)13-6-4-5-12(7-13)19(20,21)22/h4-7,9H,1-3H3,(H,24,27). The van der Waals surface area contributed by atoms with Crippen molar-refractivity contribution in [3.05, 3.63) is 57.7 Å². The molecule has 3 aromatic rings. The molecule has 3 rings (SSSR count). The van der Waals surface area contributed by atoms with Gasteiger partial charge in [-0.1, -0.05) is 6.07 Å². The normalized spacial score (nSPS) is 11.2.